The summed E-state index contributed by atoms with van der Waals surface area (Å²) in [6.07, 6.45) is -6.60. The molecule has 6 heteroatoms. The summed E-state index contributed by atoms with van der Waals surface area (Å²) in [5.74, 6) is -1.11. The zero-order chi connectivity index (χ0) is 10.6. The van der Waals surface area contributed by atoms with E-state index in [1.54, 1.807) is 0 Å². The Bertz CT molecular complexity index is 168. The predicted octanol–water partition coefficient (Wildman–Crippen LogP) is -2.99. The molecule has 0 aromatic heterocycles. The number of rotatable bonds is 5. The Kier molecular flexibility index (Phi) is 5.04. The highest BCUT2D eigenvalue weighted by Crippen LogP contribution is 2.02. The SMILES string of the molecule is CC(O)[C@@H](O)C(=O)[C@@H](O)[C@@H](O)CO. The number of carbonyl (C=O) groups excluding carboxylic acids is 1. The van der Waals surface area contributed by atoms with Crippen molar-refractivity contribution in [3.05, 3.63) is 0 Å². The Labute approximate surface area is 75.1 Å². The van der Waals surface area contributed by atoms with Gasteiger partial charge >= 0.3 is 0 Å². The molecule has 1 unspecified atom stereocenters. The lowest BCUT2D eigenvalue weighted by Crippen LogP contribution is -2.45. The average molecular weight is 194 g/mol. The van der Waals surface area contributed by atoms with Crippen molar-refractivity contribution in [1.29, 1.82) is 0 Å². The first-order valence-electron chi connectivity index (χ1n) is 3.78. The summed E-state index contributed by atoms with van der Waals surface area (Å²) in [4.78, 5) is 11.0. The molecule has 0 aromatic rings. The molecule has 0 spiro atoms. The number of carbonyl (C=O) groups is 1. The fraction of sp³-hybridized carbons (Fsp3) is 0.857. The lowest BCUT2D eigenvalue weighted by Gasteiger charge is -2.19. The van der Waals surface area contributed by atoms with Crippen molar-refractivity contribution < 1.29 is 30.3 Å². The first-order chi connectivity index (χ1) is 5.91. The van der Waals surface area contributed by atoms with Crippen molar-refractivity contribution in [2.24, 2.45) is 0 Å². The molecule has 6 nitrogen and oxygen atoms in total. The minimum atomic E-state index is -1.88. The van der Waals surface area contributed by atoms with Gasteiger partial charge in [-0.15, -0.1) is 0 Å². The quantitative estimate of drug-likeness (QED) is 0.318. The van der Waals surface area contributed by atoms with Crippen LogP contribution < -0.4 is 0 Å². The van der Waals surface area contributed by atoms with Crippen molar-refractivity contribution in [2.45, 2.75) is 31.3 Å². The van der Waals surface area contributed by atoms with Gasteiger partial charge in [-0.1, -0.05) is 0 Å². The van der Waals surface area contributed by atoms with Gasteiger partial charge in [-0.05, 0) is 6.92 Å². The van der Waals surface area contributed by atoms with Gasteiger partial charge in [-0.25, -0.2) is 0 Å². The number of hydrogen-bond donors (Lipinski definition) is 5. The van der Waals surface area contributed by atoms with Crippen LogP contribution >= 0.6 is 0 Å². The van der Waals surface area contributed by atoms with Gasteiger partial charge < -0.3 is 25.5 Å². The van der Waals surface area contributed by atoms with Crippen LogP contribution in [-0.2, 0) is 4.79 Å². The van der Waals surface area contributed by atoms with Gasteiger partial charge in [-0.2, -0.15) is 0 Å². The fourth-order valence-electron chi connectivity index (χ4n) is 0.702. The molecule has 0 saturated heterocycles. The highest BCUT2D eigenvalue weighted by atomic mass is 16.4. The van der Waals surface area contributed by atoms with E-state index in [9.17, 15) is 4.79 Å². The molecular formula is C7H14O6. The van der Waals surface area contributed by atoms with Crippen LogP contribution in [0, 0.1) is 0 Å². The van der Waals surface area contributed by atoms with Crippen LogP contribution in [0.1, 0.15) is 6.92 Å². The molecule has 4 atom stereocenters. The topological polar surface area (TPSA) is 118 Å². The summed E-state index contributed by atoms with van der Waals surface area (Å²) in [5, 5.41) is 43.9. The number of aliphatic hydroxyl groups is 5. The van der Waals surface area contributed by atoms with Crippen LogP contribution in [0.15, 0.2) is 0 Å². The van der Waals surface area contributed by atoms with Gasteiger partial charge in [0.25, 0.3) is 0 Å². The van der Waals surface area contributed by atoms with E-state index in [-0.39, 0.29) is 0 Å². The van der Waals surface area contributed by atoms with E-state index in [2.05, 4.69) is 0 Å². The third kappa shape index (κ3) is 3.37. The third-order valence-corrected chi connectivity index (χ3v) is 1.59. The summed E-state index contributed by atoms with van der Waals surface area (Å²) in [6, 6.07) is 0. The van der Waals surface area contributed by atoms with Crippen LogP contribution in [-0.4, -0.2) is 62.3 Å². The molecule has 0 rings (SSSR count). The molecule has 78 valence electrons. The Morgan fingerprint density at radius 1 is 1.15 bits per heavy atom. The first kappa shape index (κ1) is 12.5. The largest absolute Gasteiger partial charge is 0.394 e. The number of hydrogen-bond acceptors (Lipinski definition) is 6. The van der Waals surface area contributed by atoms with E-state index in [0.717, 1.165) is 0 Å². The molecule has 5 N–H and O–H groups in total. The van der Waals surface area contributed by atoms with E-state index >= 15 is 0 Å². The third-order valence-electron chi connectivity index (χ3n) is 1.59. The lowest BCUT2D eigenvalue weighted by molar-refractivity contribution is -0.148. The normalized spacial score (nSPS) is 20.5. The summed E-state index contributed by atoms with van der Waals surface area (Å²) in [7, 11) is 0. The van der Waals surface area contributed by atoms with Gasteiger partial charge in [0, 0.05) is 0 Å². The maximum atomic E-state index is 11.0. The van der Waals surface area contributed by atoms with Crippen molar-refractivity contribution in [2.75, 3.05) is 6.61 Å². The Morgan fingerprint density at radius 3 is 1.92 bits per heavy atom. The Morgan fingerprint density at radius 2 is 1.62 bits per heavy atom. The van der Waals surface area contributed by atoms with Gasteiger partial charge in [-0.3, -0.25) is 4.79 Å². The molecule has 0 aliphatic rings. The maximum absolute atomic E-state index is 11.0. The molecule has 0 saturated carbocycles. The zero-order valence-corrected chi connectivity index (χ0v) is 7.16. The van der Waals surface area contributed by atoms with E-state index in [1.165, 1.54) is 6.92 Å². The highest BCUT2D eigenvalue weighted by molar-refractivity contribution is 5.87. The standard InChI is InChI=1S/C7H14O6/c1-3(9)5(11)7(13)6(12)4(10)2-8/h3-6,8-12H,2H2,1H3/t3?,4-,5+,6-/m0/s1. The van der Waals surface area contributed by atoms with Gasteiger partial charge in [0.05, 0.1) is 12.7 Å². The van der Waals surface area contributed by atoms with Gasteiger partial charge in [0.1, 0.15) is 18.3 Å². The minimum absolute atomic E-state index is 0.792. The molecule has 13 heavy (non-hydrogen) atoms. The summed E-state index contributed by atoms with van der Waals surface area (Å²) in [6.45, 7) is 0.375. The smallest absolute Gasteiger partial charge is 0.194 e. The summed E-state index contributed by atoms with van der Waals surface area (Å²) >= 11 is 0. The van der Waals surface area contributed by atoms with Crippen LogP contribution in [0.4, 0.5) is 0 Å². The molecule has 0 fully saturated rings. The van der Waals surface area contributed by atoms with E-state index in [4.69, 9.17) is 25.5 Å². The molecule has 0 bridgehead atoms. The highest BCUT2D eigenvalue weighted by Gasteiger charge is 2.31. The molecule has 0 aliphatic heterocycles. The van der Waals surface area contributed by atoms with E-state index < -0.39 is 36.8 Å². The summed E-state index contributed by atoms with van der Waals surface area (Å²) < 4.78 is 0. The number of ketones is 1. The van der Waals surface area contributed by atoms with Crippen molar-refractivity contribution >= 4 is 5.78 Å². The average Bonchev–Trinajstić information content (AvgIpc) is 2.12. The van der Waals surface area contributed by atoms with Crippen molar-refractivity contribution in [3.8, 4) is 0 Å². The Balaban J connectivity index is 4.25. The van der Waals surface area contributed by atoms with Crippen LogP contribution in [0.3, 0.4) is 0 Å². The molecule has 0 heterocycles. The first-order valence-corrected chi connectivity index (χ1v) is 3.78. The molecule has 0 amide bonds. The van der Waals surface area contributed by atoms with Crippen molar-refractivity contribution in [3.63, 3.8) is 0 Å². The van der Waals surface area contributed by atoms with Gasteiger partial charge in [0.2, 0.25) is 0 Å². The Hall–Kier alpha value is -0.530. The van der Waals surface area contributed by atoms with Crippen LogP contribution in [0.25, 0.3) is 0 Å². The van der Waals surface area contributed by atoms with Crippen LogP contribution in [0.5, 0.6) is 0 Å². The number of aliphatic hydroxyl groups excluding tert-OH is 5. The van der Waals surface area contributed by atoms with E-state index in [0.29, 0.717) is 0 Å². The van der Waals surface area contributed by atoms with Gasteiger partial charge in [0.15, 0.2) is 5.78 Å². The second kappa shape index (κ2) is 5.25. The second-order valence-corrected chi connectivity index (χ2v) is 2.78. The summed E-state index contributed by atoms with van der Waals surface area (Å²) in [5.41, 5.74) is 0. The fourth-order valence-corrected chi connectivity index (χ4v) is 0.702. The maximum Gasteiger partial charge on any atom is 0.194 e. The monoisotopic (exact) mass is 194 g/mol. The molecular weight excluding hydrogens is 180 g/mol. The number of Topliss-reactive ketones (excluding diaryl/α,β-unsaturated/α-hetero) is 1. The molecule has 0 aliphatic carbocycles. The zero-order valence-electron chi connectivity index (χ0n) is 7.16. The second-order valence-electron chi connectivity index (χ2n) is 2.78. The minimum Gasteiger partial charge on any atom is -0.394 e. The molecule has 0 aromatic carbocycles. The molecule has 0 radical (unpaired) electrons. The lowest BCUT2D eigenvalue weighted by atomic mass is 10.0. The predicted molar refractivity (Wildman–Crippen MR) is 41.8 cm³/mol. The van der Waals surface area contributed by atoms with Crippen LogP contribution in [0.2, 0.25) is 0 Å². The van der Waals surface area contributed by atoms with E-state index in [1.807, 2.05) is 0 Å². The van der Waals surface area contributed by atoms with Crippen molar-refractivity contribution in [1.82, 2.24) is 0 Å².